The van der Waals surface area contributed by atoms with E-state index in [9.17, 15) is 34.2 Å². The van der Waals surface area contributed by atoms with Gasteiger partial charge in [0.1, 0.15) is 18.1 Å². The van der Waals surface area contributed by atoms with Crippen LogP contribution in [0.1, 0.15) is 31.2 Å². The number of hydrogen-bond acceptors (Lipinski definition) is 7. The molecule has 0 spiro atoms. The first-order chi connectivity index (χ1) is 16.2. The van der Waals surface area contributed by atoms with Crippen LogP contribution in [-0.4, -0.2) is 77.1 Å². The van der Waals surface area contributed by atoms with Crippen LogP contribution in [0.15, 0.2) is 30.3 Å². The van der Waals surface area contributed by atoms with Crippen molar-refractivity contribution < 1.29 is 34.2 Å². The monoisotopic (exact) mass is 477 g/mol. The van der Waals surface area contributed by atoms with E-state index < -0.39 is 60.4 Å². The molecular weight excluding hydrogens is 446 g/mol. The van der Waals surface area contributed by atoms with E-state index >= 15 is 0 Å². The van der Waals surface area contributed by atoms with Crippen molar-refractivity contribution in [1.29, 1.82) is 0 Å². The average Bonchev–Trinajstić information content (AvgIpc) is 3.35. The lowest BCUT2D eigenvalue weighted by Crippen LogP contribution is -2.58. The Morgan fingerprint density at radius 1 is 1.00 bits per heavy atom. The number of aliphatic hydroxyl groups is 1. The Labute approximate surface area is 196 Å². The van der Waals surface area contributed by atoms with Crippen molar-refractivity contribution in [1.82, 2.24) is 21.3 Å². The standard InChI is InChI=1S/C22H31N5O7/c23-18(29)9-8-15(20(31)26-16(22(33)34)11-13-5-2-1-3-6-13)25-21(32)17(12-28)27-19(30)14-7-4-10-24-14/h1-3,5-6,14-17,24,28H,4,7-12H2,(H2,23,29)(H,25,32)(H,26,31)(H,27,30)(H,33,34). The molecule has 1 saturated heterocycles. The molecule has 4 unspecified atom stereocenters. The van der Waals surface area contributed by atoms with Crippen molar-refractivity contribution >= 4 is 29.6 Å². The van der Waals surface area contributed by atoms with E-state index in [2.05, 4.69) is 21.3 Å². The van der Waals surface area contributed by atoms with Crippen molar-refractivity contribution in [3.8, 4) is 0 Å². The van der Waals surface area contributed by atoms with Crippen LogP contribution in [-0.2, 0) is 30.4 Å². The molecule has 8 N–H and O–H groups in total. The Morgan fingerprint density at radius 2 is 1.65 bits per heavy atom. The minimum atomic E-state index is -1.33. The summed E-state index contributed by atoms with van der Waals surface area (Å²) >= 11 is 0. The van der Waals surface area contributed by atoms with E-state index in [0.29, 0.717) is 18.5 Å². The number of carbonyl (C=O) groups excluding carboxylic acids is 4. The predicted molar refractivity (Wildman–Crippen MR) is 120 cm³/mol. The Morgan fingerprint density at radius 3 is 2.21 bits per heavy atom. The first-order valence-corrected chi connectivity index (χ1v) is 11.0. The van der Waals surface area contributed by atoms with Gasteiger partial charge >= 0.3 is 5.97 Å². The molecule has 4 atom stereocenters. The lowest BCUT2D eigenvalue weighted by molar-refractivity contribution is -0.142. The van der Waals surface area contributed by atoms with E-state index in [1.165, 1.54) is 0 Å². The number of nitrogens with one attached hydrogen (secondary N) is 4. The summed E-state index contributed by atoms with van der Waals surface area (Å²) < 4.78 is 0. The van der Waals surface area contributed by atoms with Gasteiger partial charge in [0.05, 0.1) is 12.6 Å². The number of aliphatic carboxylic acids is 1. The maximum absolute atomic E-state index is 12.8. The van der Waals surface area contributed by atoms with Crippen LogP contribution >= 0.6 is 0 Å². The van der Waals surface area contributed by atoms with Gasteiger partial charge in [0, 0.05) is 12.8 Å². The zero-order valence-corrected chi connectivity index (χ0v) is 18.7. The van der Waals surface area contributed by atoms with E-state index in [0.717, 1.165) is 6.42 Å². The molecule has 0 radical (unpaired) electrons. The first kappa shape index (κ1) is 26.7. The van der Waals surface area contributed by atoms with Crippen molar-refractivity contribution in [2.75, 3.05) is 13.2 Å². The smallest absolute Gasteiger partial charge is 0.326 e. The number of carboxylic acids is 1. The van der Waals surface area contributed by atoms with E-state index in [1.54, 1.807) is 30.3 Å². The molecule has 1 aliphatic heterocycles. The molecule has 1 aliphatic rings. The zero-order chi connectivity index (χ0) is 25.1. The third-order valence-corrected chi connectivity index (χ3v) is 5.40. The lowest BCUT2D eigenvalue weighted by Gasteiger charge is -2.24. The second-order valence-electron chi connectivity index (χ2n) is 8.05. The van der Waals surface area contributed by atoms with Gasteiger partial charge in [-0.3, -0.25) is 19.2 Å². The molecule has 0 aromatic heterocycles. The zero-order valence-electron chi connectivity index (χ0n) is 18.7. The second kappa shape index (κ2) is 13.3. The largest absolute Gasteiger partial charge is 0.480 e. The molecule has 1 aromatic carbocycles. The first-order valence-electron chi connectivity index (χ1n) is 11.0. The molecule has 4 amide bonds. The molecule has 0 aliphatic carbocycles. The van der Waals surface area contributed by atoms with Crippen molar-refractivity contribution in [2.24, 2.45) is 5.73 Å². The van der Waals surface area contributed by atoms with Gasteiger partial charge in [0.2, 0.25) is 23.6 Å². The molecule has 1 fully saturated rings. The fourth-order valence-corrected chi connectivity index (χ4v) is 3.52. The van der Waals surface area contributed by atoms with Gasteiger partial charge in [-0.1, -0.05) is 30.3 Å². The van der Waals surface area contributed by atoms with Gasteiger partial charge in [-0.15, -0.1) is 0 Å². The number of aliphatic hydroxyl groups excluding tert-OH is 1. The summed E-state index contributed by atoms with van der Waals surface area (Å²) in [6, 6.07) is 4.24. The molecule has 12 nitrogen and oxygen atoms in total. The summed E-state index contributed by atoms with van der Waals surface area (Å²) in [5, 5.41) is 29.3. The second-order valence-corrected chi connectivity index (χ2v) is 8.05. The molecule has 0 bridgehead atoms. The summed E-state index contributed by atoms with van der Waals surface area (Å²) in [4.78, 5) is 60.7. The highest BCUT2D eigenvalue weighted by atomic mass is 16.4. The molecule has 12 heteroatoms. The topological polar surface area (TPSA) is 200 Å². The Bertz CT molecular complexity index is 874. The Hall–Kier alpha value is -3.51. The SMILES string of the molecule is NC(=O)CCC(NC(=O)C(CO)NC(=O)C1CCCN1)C(=O)NC(Cc1ccccc1)C(=O)O. The third kappa shape index (κ3) is 8.45. The van der Waals surface area contributed by atoms with Crippen LogP contribution in [0.3, 0.4) is 0 Å². The summed E-state index contributed by atoms with van der Waals surface area (Å²) in [7, 11) is 0. The van der Waals surface area contributed by atoms with Crippen LogP contribution in [0, 0.1) is 0 Å². The Balaban J connectivity index is 2.06. The highest BCUT2D eigenvalue weighted by molar-refractivity contribution is 5.94. The normalized spacial score (nSPS) is 17.7. The fourth-order valence-electron chi connectivity index (χ4n) is 3.52. The van der Waals surface area contributed by atoms with Gasteiger partial charge in [-0.05, 0) is 31.4 Å². The van der Waals surface area contributed by atoms with Crippen LogP contribution in [0.25, 0.3) is 0 Å². The average molecular weight is 478 g/mol. The maximum atomic E-state index is 12.8. The molecule has 2 rings (SSSR count). The number of primary amides is 1. The molecule has 0 saturated carbocycles. The van der Waals surface area contributed by atoms with Gasteiger partial charge in [0.25, 0.3) is 0 Å². The molecular formula is C22H31N5O7. The third-order valence-electron chi connectivity index (χ3n) is 5.40. The highest BCUT2D eigenvalue weighted by Gasteiger charge is 2.31. The van der Waals surface area contributed by atoms with E-state index in [4.69, 9.17) is 5.73 Å². The number of nitrogens with two attached hydrogens (primary N) is 1. The minimum absolute atomic E-state index is 0.00209. The molecule has 1 aromatic rings. The predicted octanol–water partition coefficient (Wildman–Crippen LogP) is -2.22. The van der Waals surface area contributed by atoms with Gasteiger partial charge < -0.3 is 37.2 Å². The molecule has 1 heterocycles. The number of carboxylic acid groups (broad SMARTS) is 1. The lowest BCUT2D eigenvalue weighted by atomic mass is 10.0. The summed E-state index contributed by atoms with van der Waals surface area (Å²) in [6.45, 7) is -0.0582. The van der Waals surface area contributed by atoms with Crippen LogP contribution in [0.5, 0.6) is 0 Å². The van der Waals surface area contributed by atoms with Crippen molar-refractivity contribution in [3.63, 3.8) is 0 Å². The van der Waals surface area contributed by atoms with Crippen LogP contribution in [0.2, 0.25) is 0 Å². The van der Waals surface area contributed by atoms with Crippen LogP contribution < -0.4 is 27.0 Å². The number of amides is 4. The van der Waals surface area contributed by atoms with Crippen molar-refractivity contribution in [3.05, 3.63) is 35.9 Å². The van der Waals surface area contributed by atoms with Gasteiger partial charge in [-0.2, -0.15) is 0 Å². The number of benzene rings is 1. The Kier molecular flexibility index (Phi) is 10.4. The summed E-state index contributed by atoms with van der Waals surface area (Å²) in [5.41, 5.74) is 5.84. The van der Waals surface area contributed by atoms with Gasteiger partial charge in [0.15, 0.2) is 0 Å². The summed E-state index contributed by atoms with van der Waals surface area (Å²) in [6.07, 6.45) is 0.949. The number of hydrogen-bond donors (Lipinski definition) is 7. The fraction of sp³-hybridized carbons (Fsp3) is 0.500. The quantitative estimate of drug-likeness (QED) is 0.166. The van der Waals surface area contributed by atoms with Gasteiger partial charge in [-0.25, -0.2) is 4.79 Å². The highest BCUT2D eigenvalue weighted by Crippen LogP contribution is 2.07. The summed E-state index contributed by atoms with van der Waals surface area (Å²) in [5.74, 6) is -4.14. The molecule has 186 valence electrons. The molecule has 34 heavy (non-hydrogen) atoms. The van der Waals surface area contributed by atoms with E-state index in [1.807, 2.05) is 0 Å². The minimum Gasteiger partial charge on any atom is -0.480 e. The number of rotatable bonds is 13. The van der Waals surface area contributed by atoms with Crippen molar-refractivity contribution in [2.45, 2.75) is 56.3 Å². The number of carbonyl (C=O) groups is 5. The maximum Gasteiger partial charge on any atom is 0.326 e. The van der Waals surface area contributed by atoms with E-state index in [-0.39, 0.29) is 19.3 Å². The van der Waals surface area contributed by atoms with Crippen LogP contribution in [0.4, 0.5) is 0 Å².